The fourth-order valence-electron chi connectivity index (χ4n) is 1.65. The van der Waals surface area contributed by atoms with Crippen LogP contribution in [-0.4, -0.2) is 24.1 Å². The molecule has 0 atom stereocenters. The van der Waals surface area contributed by atoms with Gasteiger partial charge in [-0.3, -0.25) is 4.79 Å². The third-order valence-corrected chi connectivity index (χ3v) is 2.62. The highest BCUT2D eigenvalue weighted by Crippen LogP contribution is 2.15. The first-order valence-corrected chi connectivity index (χ1v) is 5.93. The number of hydrogen-bond acceptors (Lipinski definition) is 3. The Bertz CT molecular complexity index is 378. The highest BCUT2D eigenvalue weighted by molar-refractivity contribution is 5.95. The Hall–Kier alpha value is -1.55. The Morgan fingerprint density at radius 2 is 2.12 bits per heavy atom. The van der Waals surface area contributed by atoms with Crippen LogP contribution in [0.15, 0.2) is 18.2 Å². The van der Waals surface area contributed by atoms with Crippen LogP contribution < -0.4 is 11.1 Å². The quantitative estimate of drug-likeness (QED) is 0.656. The number of phenols is 1. The number of nitrogens with two attached hydrogens (primary N) is 1. The SMILES string of the molecule is Cc1cc(O)ccc1C(=O)NCCCCCN. The van der Waals surface area contributed by atoms with Gasteiger partial charge in [0.15, 0.2) is 0 Å². The van der Waals surface area contributed by atoms with E-state index in [1.54, 1.807) is 12.1 Å². The summed E-state index contributed by atoms with van der Waals surface area (Å²) in [5.74, 6) is 0.0947. The topological polar surface area (TPSA) is 75.3 Å². The molecule has 0 aliphatic rings. The predicted molar refractivity (Wildman–Crippen MR) is 68.1 cm³/mol. The average molecular weight is 236 g/mol. The zero-order chi connectivity index (χ0) is 12.7. The molecule has 0 aliphatic heterocycles. The highest BCUT2D eigenvalue weighted by Gasteiger charge is 2.08. The zero-order valence-electron chi connectivity index (χ0n) is 10.2. The maximum Gasteiger partial charge on any atom is 0.251 e. The van der Waals surface area contributed by atoms with Crippen LogP contribution in [0.5, 0.6) is 5.75 Å². The second-order valence-electron chi connectivity index (χ2n) is 4.10. The van der Waals surface area contributed by atoms with Crippen LogP contribution in [0.3, 0.4) is 0 Å². The summed E-state index contributed by atoms with van der Waals surface area (Å²) in [5, 5.41) is 12.1. The fraction of sp³-hybridized carbons (Fsp3) is 0.462. The Morgan fingerprint density at radius 1 is 1.35 bits per heavy atom. The molecule has 1 rings (SSSR count). The minimum atomic E-state index is -0.0877. The Kier molecular flexibility index (Phi) is 5.49. The number of carbonyl (C=O) groups excluding carboxylic acids is 1. The van der Waals surface area contributed by atoms with Gasteiger partial charge in [-0.15, -0.1) is 0 Å². The molecule has 17 heavy (non-hydrogen) atoms. The molecule has 0 saturated heterocycles. The number of aryl methyl sites for hydroxylation is 1. The highest BCUT2D eigenvalue weighted by atomic mass is 16.3. The predicted octanol–water partition coefficient (Wildman–Crippen LogP) is 1.56. The van der Waals surface area contributed by atoms with E-state index in [0.29, 0.717) is 18.7 Å². The van der Waals surface area contributed by atoms with Crippen LogP contribution in [0, 0.1) is 6.92 Å². The van der Waals surface area contributed by atoms with Crippen molar-refractivity contribution in [3.05, 3.63) is 29.3 Å². The number of phenolic OH excluding ortho intramolecular Hbond substituents is 1. The standard InChI is InChI=1S/C13H20N2O2/c1-10-9-11(16)5-6-12(10)13(17)15-8-4-2-3-7-14/h5-6,9,16H,2-4,7-8,14H2,1H3,(H,15,17). The molecule has 1 aromatic rings. The van der Waals surface area contributed by atoms with E-state index in [-0.39, 0.29) is 11.7 Å². The number of aromatic hydroxyl groups is 1. The molecule has 0 fully saturated rings. The summed E-state index contributed by atoms with van der Waals surface area (Å²) in [6, 6.07) is 4.75. The molecule has 0 heterocycles. The van der Waals surface area contributed by atoms with Crippen molar-refractivity contribution >= 4 is 5.91 Å². The molecule has 4 nitrogen and oxygen atoms in total. The van der Waals surface area contributed by atoms with Gasteiger partial charge in [-0.05, 0) is 50.1 Å². The fourth-order valence-corrected chi connectivity index (χ4v) is 1.65. The number of benzene rings is 1. The van der Waals surface area contributed by atoms with E-state index < -0.39 is 0 Å². The number of carbonyl (C=O) groups is 1. The van der Waals surface area contributed by atoms with Crippen molar-refractivity contribution in [1.29, 1.82) is 0 Å². The van der Waals surface area contributed by atoms with Crippen molar-refractivity contribution in [2.75, 3.05) is 13.1 Å². The van der Waals surface area contributed by atoms with Crippen LogP contribution >= 0.6 is 0 Å². The van der Waals surface area contributed by atoms with Gasteiger partial charge in [-0.2, -0.15) is 0 Å². The lowest BCUT2D eigenvalue weighted by molar-refractivity contribution is 0.0952. The van der Waals surface area contributed by atoms with E-state index in [4.69, 9.17) is 5.73 Å². The van der Waals surface area contributed by atoms with Crippen molar-refractivity contribution < 1.29 is 9.90 Å². The Balaban J connectivity index is 2.42. The molecule has 0 aromatic heterocycles. The maximum absolute atomic E-state index is 11.8. The van der Waals surface area contributed by atoms with Crippen LogP contribution in [-0.2, 0) is 0 Å². The maximum atomic E-state index is 11.8. The minimum absolute atomic E-state index is 0.0877. The van der Waals surface area contributed by atoms with Crippen molar-refractivity contribution in [3.63, 3.8) is 0 Å². The Morgan fingerprint density at radius 3 is 2.76 bits per heavy atom. The van der Waals surface area contributed by atoms with Gasteiger partial charge in [-0.1, -0.05) is 6.42 Å². The molecular formula is C13H20N2O2. The number of rotatable bonds is 6. The largest absolute Gasteiger partial charge is 0.508 e. The lowest BCUT2D eigenvalue weighted by Crippen LogP contribution is -2.25. The van der Waals surface area contributed by atoms with Crippen molar-refractivity contribution in [3.8, 4) is 5.75 Å². The number of unbranched alkanes of at least 4 members (excludes halogenated alkanes) is 2. The van der Waals surface area contributed by atoms with Gasteiger partial charge in [0.25, 0.3) is 5.91 Å². The van der Waals surface area contributed by atoms with Crippen LogP contribution in [0.1, 0.15) is 35.2 Å². The summed E-state index contributed by atoms with van der Waals surface area (Å²) < 4.78 is 0. The van der Waals surface area contributed by atoms with E-state index >= 15 is 0 Å². The normalized spacial score (nSPS) is 10.2. The van der Waals surface area contributed by atoms with Crippen LogP contribution in [0.4, 0.5) is 0 Å². The van der Waals surface area contributed by atoms with E-state index in [1.165, 1.54) is 6.07 Å². The first-order chi connectivity index (χ1) is 8.15. The molecule has 0 aliphatic carbocycles. The molecular weight excluding hydrogens is 216 g/mol. The van der Waals surface area contributed by atoms with Crippen LogP contribution in [0.2, 0.25) is 0 Å². The minimum Gasteiger partial charge on any atom is -0.508 e. The van der Waals surface area contributed by atoms with E-state index in [1.807, 2.05) is 6.92 Å². The number of nitrogens with one attached hydrogen (secondary N) is 1. The van der Waals surface area contributed by atoms with Gasteiger partial charge in [0.05, 0.1) is 0 Å². The number of hydrogen-bond donors (Lipinski definition) is 3. The molecule has 0 saturated carbocycles. The van der Waals surface area contributed by atoms with E-state index in [9.17, 15) is 9.90 Å². The zero-order valence-corrected chi connectivity index (χ0v) is 10.2. The van der Waals surface area contributed by atoms with E-state index in [2.05, 4.69) is 5.32 Å². The molecule has 0 bridgehead atoms. The molecule has 1 aromatic carbocycles. The average Bonchev–Trinajstić information content (AvgIpc) is 2.28. The molecule has 0 radical (unpaired) electrons. The first-order valence-electron chi connectivity index (χ1n) is 5.93. The summed E-state index contributed by atoms with van der Waals surface area (Å²) in [6.07, 6.45) is 2.97. The summed E-state index contributed by atoms with van der Waals surface area (Å²) in [4.78, 5) is 11.8. The van der Waals surface area contributed by atoms with Gasteiger partial charge < -0.3 is 16.2 Å². The lowest BCUT2D eigenvalue weighted by atomic mass is 10.1. The third kappa shape index (κ3) is 4.44. The Labute approximate surface area is 102 Å². The monoisotopic (exact) mass is 236 g/mol. The molecule has 4 N–H and O–H groups in total. The van der Waals surface area contributed by atoms with Crippen LogP contribution in [0.25, 0.3) is 0 Å². The van der Waals surface area contributed by atoms with Gasteiger partial charge in [-0.25, -0.2) is 0 Å². The number of amides is 1. The molecule has 0 spiro atoms. The van der Waals surface area contributed by atoms with Gasteiger partial charge in [0.1, 0.15) is 5.75 Å². The molecule has 1 amide bonds. The summed E-state index contributed by atoms with van der Waals surface area (Å²) >= 11 is 0. The second-order valence-corrected chi connectivity index (χ2v) is 4.10. The van der Waals surface area contributed by atoms with E-state index in [0.717, 1.165) is 24.8 Å². The second kappa shape index (κ2) is 6.91. The first kappa shape index (κ1) is 13.5. The summed E-state index contributed by atoms with van der Waals surface area (Å²) in [6.45, 7) is 3.17. The lowest BCUT2D eigenvalue weighted by Gasteiger charge is -2.07. The van der Waals surface area contributed by atoms with Gasteiger partial charge in [0, 0.05) is 12.1 Å². The van der Waals surface area contributed by atoms with Crippen molar-refractivity contribution in [2.45, 2.75) is 26.2 Å². The third-order valence-electron chi connectivity index (χ3n) is 2.62. The smallest absolute Gasteiger partial charge is 0.251 e. The van der Waals surface area contributed by atoms with Crippen molar-refractivity contribution in [2.24, 2.45) is 5.73 Å². The molecule has 4 heteroatoms. The molecule has 0 unspecified atom stereocenters. The summed E-state index contributed by atoms with van der Waals surface area (Å²) in [7, 11) is 0. The van der Waals surface area contributed by atoms with Gasteiger partial charge >= 0.3 is 0 Å². The van der Waals surface area contributed by atoms with Crippen molar-refractivity contribution in [1.82, 2.24) is 5.32 Å². The molecule has 94 valence electrons. The summed E-state index contributed by atoms with van der Waals surface area (Å²) in [5.41, 5.74) is 6.78. The van der Waals surface area contributed by atoms with Gasteiger partial charge in [0.2, 0.25) is 0 Å².